The van der Waals surface area contributed by atoms with Crippen molar-refractivity contribution in [2.45, 2.75) is 13.3 Å². The van der Waals surface area contributed by atoms with Crippen molar-refractivity contribution >= 4 is 35.0 Å². The molecule has 3 rings (SSSR count). The molecule has 0 bridgehead atoms. The number of furan rings is 1. The number of ether oxygens (including phenoxy) is 2. The highest BCUT2D eigenvalue weighted by atomic mass is 32.2. The first-order chi connectivity index (χ1) is 14.0. The number of benzene rings is 1. The summed E-state index contributed by atoms with van der Waals surface area (Å²) in [6.45, 7) is 2.88. The van der Waals surface area contributed by atoms with Gasteiger partial charge in [-0.1, -0.05) is 12.1 Å². The summed E-state index contributed by atoms with van der Waals surface area (Å²) < 4.78 is 15.7. The molecule has 0 aliphatic carbocycles. The van der Waals surface area contributed by atoms with Gasteiger partial charge < -0.3 is 13.9 Å². The lowest BCUT2D eigenvalue weighted by molar-refractivity contribution is -0.122. The zero-order valence-corrected chi connectivity index (χ0v) is 17.0. The summed E-state index contributed by atoms with van der Waals surface area (Å²) in [6, 6.07) is 10.4. The van der Waals surface area contributed by atoms with Gasteiger partial charge in [0.05, 0.1) is 17.1 Å². The summed E-state index contributed by atoms with van der Waals surface area (Å²) in [5.74, 6) is 0.357. The molecule has 0 radical (unpaired) electrons. The van der Waals surface area contributed by atoms with E-state index < -0.39 is 0 Å². The number of hydrogen-bond donors (Lipinski definition) is 0. The third-order valence-corrected chi connectivity index (χ3v) is 5.09. The molecule has 152 valence electrons. The van der Waals surface area contributed by atoms with Gasteiger partial charge in [-0.2, -0.15) is 0 Å². The minimum Gasteiger partial charge on any atom is -0.462 e. The quantitative estimate of drug-likeness (QED) is 0.363. The Labute approximate surface area is 172 Å². The number of nitrogens with zero attached hydrogens (tertiary/aromatic N) is 1. The van der Waals surface area contributed by atoms with Crippen LogP contribution >= 0.6 is 11.8 Å². The van der Waals surface area contributed by atoms with Crippen LogP contribution in [0, 0.1) is 0 Å². The van der Waals surface area contributed by atoms with Crippen LogP contribution in [0.1, 0.15) is 29.5 Å². The monoisotopic (exact) mass is 415 g/mol. The van der Waals surface area contributed by atoms with Crippen molar-refractivity contribution in [2.75, 3.05) is 26.9 Å². The average Bonchev–Trinajstić information content (AvgIpc) is 3.28. The van der Waals surface area contributed by atoms with E-state index in [9.17, 15) is 14.4 Å². The van der Waals surface area contributed by atoms with Gasteiger partial charge in [-0.15, -0.1) is 0 Å². The first kappa shape index (κ1) is 20.9. The van der Waals surface area contributed by atoms with Crippen LogP contribution in [-0.4, -0.2) is 48.9 Å². The lowest BCUT2D eigenvalue weighted by atomic mass is 10.1. The molecule has 2 amide bonds. The molecular weight excluding hydrogens is 394 g/mol. The van der Waals surface area contributed by atoms with Crippen LogP contribution in [0.2, 0.25) is 0 Å². The second-order valence-electron chi connectivity index (χ2n) is 6.18. The van der Waals surface area contributed by atoms with Gasteiger partial charge in [-0.25, -0.2) is 4.79 Å². The first-order valence-electron chi connectivity index (χ1n) is 9.15. The topological polar surface area (TPSA) is 86.0 Å². The van der Waals surface area contributed by atoms with Crippen molar-refractivity contribution < 1.29 is 28.3 Å². The Balaban J connectivity index is 1.71. The molecule has 1 aromatic heterocycles. The third kappa shape index (κ3) is 4.96. The molecule has 1 aliphatic heterocycles. The van der Waals surface area contributed by atoms with E-state index in [1.807, 2.05) is 0 Å². The Morgan fingerprint density at radius 2 is 1.93 bits per heavy atom. The van der Waals surface area contributed by atoms with Gasteiger partial charge in [0.1, 0.15) is 11.5 Å². The fraction of sp³-hybridized carbons (Fsp3) is 0.286. The third-order valence-electron chi connectivity index (χ3n) is 4.18. The Kier molecular flexibility index (Phi) is 6.90. The minimum atomic E-state index is -0.375. The van der Waals surface area contributed by atoms with E-state index in [4.69, 9.17) is 13.9 Å². The normalized spacial score (nSPS) is 15.4. The molecule has 0 atom stereocenters. The van der Waals surface area contributed by atoms with E-state index >= 15 is 0 Å². The summed E-state index contributed by atoms with van der Waals surface area (Å²) >= 11 is 0.896. The van der Waals surface area contributed by atoms with Crippen molar-refractivity contribution in [3.63, 3.8) is 0 Å². The smallest absolute Gasteiger partial charge is 0.338 e. The molecular formula is C21H21NO6S. The van der Waals surface area contributed by atoms with Gasteiger partial charge >= 0.3 is 5.97 Å². The molecule has 1 aromatic carbocycles. The highest BCUT2D eigenvalue weighted by Crippen LogP contribution is 2.33. The zero-order valence-electron chi connectivity index (χ0n) is 16.2. The standard InChI is InChI=1S/C21H21NO6S/c1-3-27-20(24)15-7-5-14(6-8-15)17-10-9-16(28-17)13-18-19(23)22(21(25)29-18)11-4-12-26-2/h5-10,13H,3-4,11-12H2,1-2H3/b18-13+. The minimum absolute atomic E-state index is 0.293. The van der Waals surface area contributed by atoms with Crippen LogP contribution in [0.4, 0.5) is 4.79 Å². The molecule has 8 heteroatoms. The maximum atomic E-state index is 12.4. The van der Waals surface area contributed by atoms with Crippen molar-refractivity contribution in [1.29, 1.82) is 0 Å². The fourth-order valence-corrected chi connectivity index (χ4v) is 3.60. The van der Waals surface area contributed by atoms with Crippen LogP contribution in [0.3, 0.4) is 0 Å². The number of amides is 2. The average molecular weight is 415 g/mol. The fourth-order valence-electron chi connectivity index (χ4n) is 2.76. The summed E-state index contributed by atoms with van der Waals surface area (Å²) in [4.78, 5) is 37.8. The lowest BCUT2D eigenvalue weighted by Crippen LogP contribution is -2.29. The van der Waals surface area contributed by atoms with Crippen molar-refractivity contribution in [3.8, 4) is 11.3 Å². The van der Waals surface area contributed by atoms with Gasteiger partial charge in [0, 0.05) is 31.9 Å². The maximum absolute atomic E-state index is 12.4. The molecule has 1 aliphatic rings. The van der Waals surface area contributed by atoms with Crippen LogP contribution in [0.25, 0.3) is 17.4 Å². The lowest BCUT2D eigenvalue weighted by Gasteiger charge is -2.11. The number of imide groups is 1. The maximum Gasteiger partial charge on any atom is 0.338 e. The van der Waals surface area contributed by atoms with Gasteiger partial charge in [-0.3, -0.25) is 14.5 Å². The summed E-state index contributed by atoms with van der Waals surface area (Å²) in [7, 11) is 1.58. The Bertz CT molecular complexity index is 931. The van der Waals surface area contributed by atoms with Crippen LogP contribution < -0.4 is 0 Å². The highest BCUT2D eigenvalue weighted by molar-refractivity contribution is 8.18. The van der Waals surface area contributed by atoms with E-state index in [0.29, 0.717) is 48.2 Å². The molecule has 0 unspecified atom stereocenters. The number of carbonyl (C=O) groups excluding carboxylic acids is 3. The predicted molar refractivity (Wildman–Crippen MR) is 109 cm³/mol. The van der Waals surface area contributed by atoms with Gasteiger partial charge in [-0.05, 0) is 49.4 Å². The number of methoxy groups -OCH3 is 1. The largest absolute Gasteiger partial charge is 0.462 e. The van der Waals surface area contributed by atoms with E-state index in [1.54, 1.807) is 56.5 Å². The van der Waals surface area contributed by atoms with E-state index in [2.05, 4.69) is 0 Å². The molecule has 0 N–H and O–H groups in total. The summed E-state index contributed by atoms with van der Waals surface area (Å²) in [5, 5.41) is -0.293. The van der Waals surface area contributed by atoms with Crippen molar-refractivity contribution in [1.82, 2.24) is 4.90 Å². The number of carbonyl (C=O) groups is 3. The molecule has 0 saturated carbocycles. The second-order valence-corrected chi connectivity index (χ2v) is 7.17. The summed E-state index contributed by atoms with van der Waals surface area (Å²) in [5.41, 5.74) is 1.25. The van der Waals surface area contributed by atoms with Crippen LogP contribution in [0.5, 0.6) is 0 Å². The molecule has 0 spiro atoms. The van der Waals surface area contributed by atoms with E-state index in [0.717, 1.165) is 17.3 Å². The predicted octanol–water partition coefficient (Wildman–Crippen LogP) is 4.20. The van der Waals surface area contributed by atoms with Crippen molar-refractivity contribution in [3.05, 3.63) is 52.6 Å². The zero-order chi connectivity index (χ0) is 20.8. The highest BCUT2D eigenvalue weighted by Gasteiger charge is 2.34. The summed E-state index contributed by atoms with van der Waals surface area (Å²) in [6.07, 6.45) is 2.16. The Morgan fingerprint density at radius 1 is 1.17 bits per heavy atom. The second kappa shape index (κ2) is 9.58. The molecule has 2 heterocycles. The van der Waals surface area contributed by atoms with Gasteiger partial charge in [0.25, 0.3) is 11.1 Å². The van der Waals surface area contributed by atoms with Crippen LogP contribution in [0.15, 0.2) is 45.7 Å². The number of rotatable bonds is 8. The number of thioether (sulfide) groups is 1. The molecule has 7 nitrogen and oxygen atoms in total. The van der Waals surface area contributed by atoms with E-state index in [-0.39, 0.29) is 17.1 Å². The van der Waals surface area contributed by atoms with Crippen LogP contribution in [-0.2, 0) is 14.3 Å². The Morgan fingerprint density at radius 3 is 2.62 bits per heavy atom. The molecule has 29 heavy (non-hydrogen) atoms. The van der Waals surface area contributed by atoms with Gasteiger partial charge in [0.2, 0.25) is 0 Å². The van der Waals surface area contributed by atoms with Crippen molar-refractivity contribution in [2.24, 2.45) is 0 Å². The molecule has 1 fully saturated rings. The molecule has 2 aromatic rings. The van der Waals surface area contributed by atoms with Gasteiger partial charge in [0.15, 0.2) is 0 Å². The molecule has 1 saturated heterocycles. The first-order valence-corrected chi connectivity index (χ1v) is 9.97. The SMILES string of the molecule is CCOC(=O)c1ccc(-c2ccc(/C=C3/SC(=O)N(CCCOC)C3=O)o2)cc1. The number of esters is 1. The van der Waals surface area contributed by atoms with E-state index in [1.165, 1.54) is 4.90 Å². The Hall–Kier alpha value is -2.84. The number of hydrogen-bond acceptors (Lipinski definition) is 7.